The fourth-order valence-corrected chi connectivity index (χ4v) is 5.48. The second-order valence-electron chi connectivity index (χ2n) is 9.53. The van der Waals surface area contributed by atoms with E-state index in [0.29, 0.717) is 0 Å². The Morgan fingerprint density at radius 3 is 1.64 bits per heavy atom. The Labute approximate surface area is 223 Å². The van der Waals surface area contributed by atoms with Crippen LogP contribution >= 0.6 is 0 Å². The molecule has 0 aliphatic rings. The van der Waals surface area contributed by atoms with Crippen molar-refractivity contribution in [2.24, 2.45) is 0 Å². The highest BCUT2D eigenvalue weighted by Gasteiger charge is 2.20. The average Bonchev–Trinajstić information content (AvgIpc) is 3.55. The summed E-state index contributed by atoms with van der Waals surface area (Å²) in [6, 6.07) is 35.7. The highest BCUT2D eigenvalue weighted by atomic mass is 16.3. The minimum atomic E-state index is 0.776. The first-order chi connectivity index (χ1) is 19.3. The zero-order valence-corrected chi connectivity index (χ0v) is 20.8. The van der Waals surface area contributed by atoms with Crippen molar-refractivity contribution in [3.63, 3.8) is 0 Å². The molecule has 0 N–H and O–H groups in total. The van der Waals surface area contributed by atoms with Gasteiger partial charge in [-0.05, 0) is 48.0 Å². The van der Waals surface area contributed by atoms with Crippen LogP contribution in [0.5, 0.6) is 0 Å². The highest BCUT2D eigenvalue weighted by Crippen LogP contribution is 2.43. The molecule has 5 heteroatoms. The Morgan fingerprint density at radius 2 is 1.03 bits per heavy atom. The fraction of sp³-hybridized carbons (Fsp3) is 0. The van der Waals surface area contributed by atoms with Gasteiger partial charge < -0.3 is 13.7 Å². The zero-order valence-electron chi connectivity index (χ0n) is 20.8. The monoisotopic (exact) mass is 503 g/mol. The Hall–Kier alpha value is -5.42. The Kier molecular flexibility index (Phi) is 4.76. The lowest BCUT2D eigenvalue weighted by atomic mass is 10.0. The average molecular weight is 504 g/mol. The van der Waals surface area contributed by atoms with Crippen LogP contribution in [0, 0.1) is 0 Å². The maximum absolute atomic E-state index is 6.23. The molecule has 0 amide bonds. The van der Waals surface area contributed by atoms with Gasteiger partial charge in [-0.2, -0.15) is 0 Å². The summed E-state index contributed by atoms with van der Waals surface area (Å²) in [6.07, 6.45) is 7.13. The molecule has 5 nitrogen and oxygen atoms in total. The second-order valence-corrected chi connectivity index (χ2v) is 9.53. The van der Waals surface area contributed by atoms with Gasteiger partial charge in [0.2, 0.25) is 0 Å². The molecule has 0 fully saturated rings. The minimum absolute atomic E-state index is 0.776. The molecule has 0 spiro atoms. The SMILES string of the molecule is c1ccc(-c2ccccc2N(c2ccc3c(c2)oc2cnccc23)c2ccc3c(c2)oc2cnccc23)cc1. The van der Waals surface area contributed by atoms with Gasteiger partial charge in [-0.1, -0.05) is 48.5 Å². The first kappa shape index (κ1) is 21.6. The first-order valence-corrected chi connectivity index (χ1v) is 12.8. The molecule has 0 saturated carbocycles. The Balaban J connectivity index is 1.38. The first-order valence-electron chi connectivity index (χ1n) is 12.8. The van der Waals surface area contributed by atoms with E-state index in [1.807, 2.05) is 18.2 Å². The van der Waals surface area contributed by atoms with Crippen LogP contribution in [0.25, 0.3) is 55.0 Å². The standard InChI is InChI=1S/C34H21N3O2/c1-2-6-22(7-3-1)25-8-4-5-9-30(25)37(23-10-12-26-28-14-16-35-20-33(28)38-31(26)18-23)24-11-13-27-29-15-17-36-21-34(29)39-32(27)19-24/h1-21H. The molecular formula is C34H21N3O2. The third-order valence-corrected chi connectivity index (χ3v) is 7.27. The number of benzene rings is 4. The minimum Gasteiger partial charge on any atom is -0.454 e. The number of nitrogens with zero attached hydrogens (tertiary/aromatic N) is 3. The lowest BCUT2D eigenvalue weighted by molar-refractivity contribution is 0.667. The normalized spacial score (nSPS) is 11.6. The molecule has 0 unspecified atom stereocenters. The lowest BCUT2D eigenvalue weighted by Crippen LogP contribution is -2.11. The number of hydrogen-bond donors (Lipinski definition) is 0. The molecule has 8 rings (SSSR count). The molecule has 0 aliphatic heterocycles. The summed E-state index contributed by atoms with van der Waals surface area (Å²) in [6.45, 7) is 0. The van der Waals surface area contributed by atoms with E-state index < -0.39 is 0 Å². The third-order valence-electron chi connectivity index (χ3n) is 7.27. The van der Waals surface area contributed by atoms with Gasteiger partial charge in [-0.3, -0.25) is 9.97 Å². The van der Waals surface area contributed by atoms with Gasteiger partial charge in [0.1, 0.15) is 11.2 Å². The van der Waals surface area contributed by atoms with E-state index in [4.69, 9.17) is 8.83 Å². The van der Waals surface area contributed by atoms with Crippen LogP contribution in [0.1, 0.15) is 0 Å². The van der Waals surface area contributed by atoms with E-state index in [9.17, 15) is 0 Å². The van der Waals surface area contributed by atoms with Crippen LogP contribution in [0.15, 0.2) is 137 Å². The molecule has 0 radical (unpaired) electrons. The van der Waals surface area contributed by atoms with Gasteiger partial charge in [0.25, 0.3) is 0 Å². The van der Waals surface area contributed by atoms with Gasteiger partial charge >= 0.3 is 0 Å². The number of anilines is 3. The van der Waals surface area contributed by atoms with Crippen molar-refractivity contribution in [1.82, 2.24) is 9.97 Å². The molecule has 39 heavy (non-hydrogen) atoms. The molecule has 0 saturated heterocycles. The number of rotatable bonds is 4. The maximum Gasteiger partial charge on any atom is 0.153 e. The quantitative estimate of drug-likeness (QED) is 0.239. The molecule has 0 bridgehead atoms. The Morgan fingerprint density at radius 1 is 0.487 bits per heavy atom. The lowest BCUT2D eigenvalue weighted by Gasteiger charge is -2.27. The van der Waals surface area contributed by atoms with Crippen molar-refractivity contribution in [2.45, 2.75) is 0 Å². The van der Waals surface area contributed by atoms with Crippen molar-refractivity contribution in [3.8, 4) is 11.1 Å². The second kappa shape index (κ2) is 8.57. The van der Waals surface area contributed by atoms with E-state index >= 15 is 0 Å². The van der Waals surface area contributed by atoms with Gasteiger partial charge in [-0.25, -0.2) is 0 Å². The van der Waals surface area contributed by atoms with Crippen molar-refractivity contribution >= 4 is 60.9 Å². The molecule has 4 aromatic carbocycles. The molecule has 8 aromatic rings. The highest BCUT2D eigenvalue weighted by molar-refractivity contribution is 6.07. The van der Waals surface area contributed by atoms with Gasteiger partial charge in [0.05, 0.1) is 18.1 Å². The number of pyridine rings is 2. The topological polar surface area (TPSA) is 55.3 Å². The number of furan rings is 2. The zero-order chi connectivity index (χ0) is 25.8. The summed E-state index contributed by atoms with van der Waals surface area (Å²) < 4.78 is 12.5. The molecule has 4 heterocycles. The van der Waals surface area contributed by atoms with Gasteiger partial charge in [0, 0.05) is 63.0 Å². The summed E-state index contributed by atoms with van der Waals surface area (Å²) in [5, 5.41) is 4.24. The van der Waals surface area contributed by atoms with Crippen molar-refractivity contribution in [2.75, 3.05) is 4.90 Å². The molecule has 184 valence electrons. The number of para-hydroxylation sites is 1. The molecule has 0 atom stereocenters. The summed E-state index contributed by atoms with van der Waals surface area (Å²) in [5.74, 6) is 0. The largest absolute Gasteiger partial charge is 0.454 e. The van der Waals surface area contributed by atoms with Crippen LogP contribution in [0.2, 0.25) is 0 Å². The van der Waals surface area contributed by atoms with Crippen LogP contribution < -0.4 is 4.90 Å². The van der Waals surface area contributed by atoms with Crippen molar-refractivity contribution in [1.29, 1.82) is 0 Å². The fourth-order valence-electron chi connectivity index (χ4n) is 5.48. The van der Waals surface area contributed by atoms with Crippen LogP contribution in [-0.4, -0.2) is 9.97 Å². The molecular weight excluding hydrogens is 482 g/mol. The summed E-state index contributed by atoms with van der Waals surface area (Å²) in [7, 11) is 0. The summed E-state index contributed by atoms with van der Waals surface area (Å²) in [4.78, 5) is 10.7. The predicted octanol–water partition coefficient (Wildman–Crippen LogP) is 9.41. The van der Waals surface area contributed by atoms with Gasteiger partial charge in [0.15, 0.2) is 11.2 Å². The maximum atomic E-state index is 6.23. The third kappa shape index (κ3) is 3.48. The number of hydrogen-bond acceptors (Lipinski definition) is 5. The van der Waals surface area contributed by atoms with E-state index in [-0.39, 0.29) is 0 Å². The van der Waals surface area contributed by atoms with Crippen LogP contribution in [0.4, 0.5) is 17.1 Å². The van der Waals surface area contributed by atoms with E-state index in [2.05, 4.69) is 99.8 Å². The Bertz CT molecular complexity index is 2030. The van der Waals surface area contributed by atoms with E-state index in [1.165, 1.54) is 0 Å². The summed E-state index contributed by atoms with van der Waals surface area (Å²) in [5.41, 5.74) is 8.47. The van der Waals surface area contributed by atoms with Crippen molar-refractivity contribution < 1.29 is 8.83 Å². The smallest absolute Gasteiger partial charge is 0.153 e. The number of fused-ring (bicyclic) bond motifs is 6. The predicted molar refractivity (Wildman–Crippen MR) is 157 cm³/mol. The van der Waals surface area contributed by atoms with E-state index in [1.54, 1.807) is 24.8 Å². The van der Waals surface area contributed by atoms with Gasteiger partial charge in [-0.15, -0.1) is 0 Å². The van der Waals surface area contributed by atoms with E-state index in [0.717, 1.165) is 72.1 Å². The summed E-state index contributed by atoms with van der Waals surface area (Å²) >= 11 is 0. The molecule has 0 aliphatic carbocycles. The van der Waals surface area contributed by atoms with Crippen LogP contribution in [0.3, 0.4) is 0 Å². The number of aromatic nitrogens is 2. The molecule has 4 aromatic heterocycles. The van der Waals surface area contributed by atoms with Crippen molar-refractivity contribution in [3.05, 3.63) is 128 Å². The van der Waals surface area contributed by atoms with Crippen LogP contribution in [-0.2, 0) is 0 Å².